The summed E-state index contributed by atoms with van der Waals surface area (Å²) in [6.45, 7) is 0. The fourth-order valence-electron chi connectivity index (χ4n) is 10.0. The van der Waals surface area contributed by atoms with Crippen LogP contribution in [-0.2, 0) is 38.5 Å². The van der Waals surface area contributed by atoms with Gasteiger partial charge in [0.25, 0.3) is 0 Å². The second-order valence-corrected chi connectivity index (χ2v) is 18.5. The summed E-state index contributed by atoms with van der Waals surface area (Å²) < 4.78 is 0. The van der Waals surface area contributed by atoms with Crippen molar-refractivity contribution >= 4 is 0 Å². The van der Waals surface area contributed by atoms with Crippen molar-refractivity contribution in [3.8, 4) is 84.3 Å². The molecule has 0 fully saturated rings. The van der Waals surface area contributed by atoms with Crippen LogP contribution in [0.1, 0.15) is 51.8 Å². The average Bonchev–Trinajstić information content (AvgIpc) is 3.44. The van der Waals surface area contributed by atoms with Gasteiger partial charge in [-0.2, -0.15) is 5.26 Å². The van der Waals surface area contributed by atoms with Crippen LogP contribution in [0.3, 0.4) is 0 Å². The summed E-state index contributed by atoms with van der Waals surface area (Å²) in [6, 6.07) is 74.3. The smallest absolute Gasteiger partial charge is 0.0991 e. The molecule has 0 radical (unpaired) electrons. The van der Waals surface area contributed by atoms with Gasteiger partial charge in [0, 0.05) is 35.3 Å². The van der Waals surface area contributed by atoms with E-state index in [1.807, 2.05) is 60.9 Å². The van der Waals surface area contributed by atoms with Crippen LogP contribution in [0, 0.1) is 11.3 Å². The van der Waals surface area contributed by atoms with Crippen LogP contribution in [-0.4, -0.2) is 15.0 Å². The number of nitriles is 1. The van der Waals surface area contributed by atoms with E-state index in [0.29, 0.717) is 5.56 Å². The molecule has 0 bridgehead atoms. The molecule has 10 aromatic rings. The van der Waals surface area contributed by atoms with Crippen molar-refractivity contribution in [3.05, 3.63) is 258 Å². The van der Waals surface area contributed by atoms with Crippen molar-refractivity contribution in [1.82, 2.24) is 15.0 Å². The lowest BCUT2D eigenvalue weighted by Crippen LogP contribution is -2.03. The summed E-state index contributed by atoms with van der Waals surface area (Å²) in [5, 5.41) is 9.42. The minimum Gasteiger partial charge on any atom is -0.256 e. The number of fused-ring (bicyclic) bond motifs is 1. The van der Waals surface area contributed by atoms with Gasteiger partial charge in [-0.05, 0) is 178 Å². The van der Waals surface area contributed by atoms with Crippen LogP contribution in [0.4, 0.5) is 0 Å². The molecule has 0 aliphatic heterocycles. The Bertz CT molecular complexity index is 3340. The highest BCUT2D eigenvalue weighted by atomic mass is 14.7. The van der Waals surface area contributed by atoms with E-state index in [2.05, 4.69) is 174 Å². The molecule has 0 spiro atoms. The first-order chi connectivity index (χ1) is 34.6. The zero-order valence-corrected chi connectivity index (χ0v) is 39.2. The van der Waals surface area contributed by atoms with Crippen LogP contribution in [0.25, 0.3) is 78.3 Å². The maximum absolute atomic E-state index is 9.42. The molecule has 4 nitrogen and oxygen atoms in total. The Kier molecular flexibility index (Phi) is 12.8. The number of benzene rings is 7. The third-order valence-corrected chi connectivity index (χ3v) is 13.9. The number of aromatic nitrogens is 3. The van der Waals surface area contributed by atoms with Crippen LogP contribution in [0.15, 0.2) is 219 Å². The molecule has 0 saturated heterocycles. The first-order valence-electron chi connectivity index (χ1n) is 24.6. The van der Waals surface area contributed by atoms with Gasteiger partial charge >= 0.3 is 0 Å². The topological polar surface area (TPSA) is 62.5 Å². The Morgan fingerprint density at radius 2 is 0.843 bits per heavy atom. The molecule has 0 amide bonds. The van der Waals surface area contributed by atoms with Gasteiger partial charge < -0.3 is 0 Å². The fourth-order valence-corrected chi connectivity index (χ4v) is 10.0. The Labute approximate surface area is 411 Å². The molecule has 3 aromatic heterocycles. The van der Waals surface area contributed by atoms with Gasteiger partial charge in [-0.3, -0.25) is 15.0 Å². The van der Waals surface area contributed by atoms with Crippen LogP contribution in [0.2, 0.25) is 0 Å². The van der Waals surface area contributed by atoms with E-state index in [1.165, 1.54) is 68.5 Å². The molecule has 0 N–H and O–H groups in total. The fraction of sp³-hybridized carbons (Fsp3) is 0.121. The molecule has 336 valence electrons. The SMILES string of the molecule is N#Cc1ccc(-c2ccc(-c3cc(-c4cc5c(cn4)CCCC5)ccc3-c3ccccc3-c3cc(CCc4ccc(-c5ccccn5)cc4)cc(CCc4ccc(-c5ccccn5)cc4)c3)cc2)cc1. The molecule has 7 aromatic carbocycles. The summed E-state index contributed by atoms with van der Waals surface area (Å²) in [4.78, 5) is 14.2. The number of aryl methyl sites for hydroxylation is 6. The number of hydrogen-bond donors (Lipinski definition) is 0. The van der Waals surface area contributed by atoms with E-state index in [0.717, 1.165) is 94.6 Å². The zero-order chi connectivity index (χ0) is 47.1. The van der Waals surface area contributed by atoms with Gasteiger partial charge in [0.2, 0.25) is 0 Å². The minimum atomic E-state index is 0.660. The summed E-state index contributed by atoms with van der Waals surface area (Å²) in [7, 11) is 0. The second-order valence-electron chi connectivity index (χ2n) is 18.5. The Balaban J connectivity index is 0.964. The minimum absolute atomic E-state index is 0.660. The Morgan fingerprint density at radius 1 is 0.343 bits per heavy atom. The van der Waals surface area contributed by atoms with Crippen LogP contribution >= 0.6 is 0 Å². The average molecular weight is 901 g/mol. The molecule has 0 unspecified atom stereocenters. The Morgan fingerprint density at radius 3 is 1.43 bits per heavy atom. The molecule has 4 heteroatoms. The highest BCUT2D eigenvalue weighted by molar-refractivity contribution is 5.94. The molecule has 3 heterocycles. The third-order valence-electron chi connectivity index (χ3n) is 13.9. The maximum Gasteiger partial charge on any atom is 0.0991 e. The predicted molar refractivity (Wildman–Crippen MR) is 287 cm³/mol. The quantitative estimate of drug-likeness (QED) is 0.116. The van der Waals surface area contributed by atoms with Crippen molar-refractivity contribution in [3.63, 3.8) is 0 Å². The lowest BCUT2D eigenvalue weighted by molar-refractivity contribution is 0.682. The van der Waals surface area contributed by atoms with Crippen molar-refractivity contribution in [2.75, 3.05) is 0 Å². The standard InChI is InChI=1S/C66H52N4/c67-44-48-23-25-51(26-24-48)52-31-33-53(34-32-52)63-42-57(66-43-56-9-1-2-10-58(56)45-70-66)35-36-62(63)61-12-4-3-11-60(61)59-40-49(17-15-46-19-27-54(28-20-46)64-13-5-7-37-68-64)39-50(41-59)18-16-47-21-29-55(30-22-47)65-14-6-8-38-69-65/h3-8,11-14,19-43,45H,1-2,9-10,15-18H2. The Hall–Kier alpha value is -8.52. The second kappa shape index (κ2) is 20.4. The first kappa shape index (κ1) is 44.0. The number of pyridine rings is 3. The summed E-state index contributed by atoms with van der Waals surface area (Å²) in [5.41, 5.74) is 24.4. The number of hydrogen-bond acceptors (Lipinski definition) is 4. The molecular formula is C66H52N4. The molecule has 1 aliphatic rings. The molecule has 0 atom stereocenters. The summed E-state index contributed by atoms with van der Waals surface area (Å²) in [5.74, 6) is 0. The van der Waals surface area contributed by atoms with Gasteiger partial charge in [-0.1, -0.05) is 152 Å². The lowest BCUT2D eigenvalue weighted by atomic mass is 9.86. The summed E-state index contributed by atoms with van der Waals surface area (Å²) in [6.07, 6.45) is 14.2. The lowest BCUT2D eigenvalue weighted by Gasteiger charge is -2.19. The van der Waals surface area contributed by atoms with E-state index >= 15 is 0 Å². The largest absolute Gasteiger partial charge is 0.256 e. The first-order valence-corrected chi connectivity index (χ1v) is 24.6. The third kappa shape index (κ3) is 9.88. The normalized spacial score (nSPS) is 12.0. The van der Waals surface area contributed by atoms with Crippen LogP contribution < -0.4 is 0 Å². The van der Waals surface area contributed by atoms with Crippen molar-refractivity contribution < 1.29 is 0 Å². The van der Waals surface area contributed by atoms with E-state index < -0.39 is 0 Å². The molecule has 0 saturated carbocycles. The maximum atomic E-state index is 9.42. The zero-order valence-electron chi connectivity index (χ0n) is 39.2. The van der Waals surface area contributed by atoms with Gasteiger partial charge in [-0.15, -0.1) is 0 Å². The van der Waals surface area contributed by atoms with Crippen molar-refractivity contribution in [2.24, 2.45) is 0 Å². The predicted octanol–water partition coefficient (Wildman–Crippen LogP) is 15.9. The van der Waals surface area contributed by atoms with Gasteiger partial charge in [-0.25, -0.2) is 0 Å². The highest BCUT2D eigenvalue weighted by Crippen LogP contribution is 2.42. The van der Waals surface area contributed by atoms with E-state index in [4.69, 9.17) is 4.98 Å². The molecule has 11 rings (SSSR count). The van der Waals surface area contributed by atoms with Crippen molar-refractivity contribution in [1.29, 1.82) is 5.26 Å². The van der Waals surface area contributed by atoms with E-state index in [9.17, 15) is 5.26 Å². The van der Waals surface area contributed by atoms with Gasteiger partial charge in [0.15, 0.2) is 0 Å². The molecule has 70 heavy (non-hydrogen) atoms. The van der Waals surface area contributed by atoms with Gasteiger partial charge in [0.1, 0.15) is 0 Å². The van der Waals surface area contributed by atoms with Crippen LogP contribution in [0.5, 0.6) is 0 Å². The van der Waals surface area contributed by atoms with E-state index in [-0.39, 0.29) is 0 Å². The number of rotatable bonds is 13. The molecular weight excluding hydrogens is 849 g/mol. The highest BCUT2D eigenvalue weighted by Gasteiger charge is 2.18. The summed E-state index contributed by atoms with van der Waals surface area (Å²) >= 11 is 0. The number of nitrogens with zero attached hydrogens (tertiary/aromatic N) is 4. The monoisotopic (exact) mass is 900 g/mol. The molecule has 1 aliphatic carbocycles. The van der Waals surface area contributed by atoms with Crippen molar-refractivity contribution in [2.45, 2.75) is 51.4 Å². The van der Waals surface area contributed by atoms with E-state index in [1.54, 1.807) is 0 Å². The van der Waals surface area contributed by atoms with Gasteiger partial charge in [0.05, 0.1) is 28.7 Å².